The SMILES string of the molecule is O=C(Nc1ncccc1O)c1cnn(-c2ccc(Cl)cc2)c1. The predicted octanol–water partition coefficient (Wildman–Crippen LogP) is 2.88. The maximum atomic E-state index is 12.1. The Morgan fingerprint density at radius 2 is 2.00 bits per heavy atom. The van der Waals surface area contributed by atoms with Gasteiger partial charge in [0.15, 0.2) is 11.6 Å². The maximum absolute atomic E-state index is 12.1. The molecule has 2 heterocycles. The van der Waals surface area contributed by atoms with E-state index in [1.807, 2.05) is 0 Å². The second-order valence-corrected chi connectivity index (χ2v) is 4.91. The zero-order valence-corrected chi connectivity index (χ0v) is 12.0. The first kappa shape index (κ1) is 14.1. The lowest BCUT2D eigenvalue weighted by Crippen LogP contribution is -2.12. The Balaban J connectivity index is 1.80. The first-order valence-corrected chi connectivity index (χ1v) is 6.77. The van der Waals surface area contributed by atoms with Crippen molar-refractivity contribution in [3.63, 3.8) is 0 Å². The van der Waals surface area contributed by atoms with Crippen molar-refractivity contribution in [1.29, 1.82) is 0 Å². The van der Waals surface area contributed by atoms with E-state index in [1.54, 1.807) is 41.2 Å². The fraction of sp³-hybridized carbons (Fsp3) is 0. The van der Waals surface area contributed by atoms with Crippen molar-refractivity contribution < 1.29 is 9.90 Å². The van der Waals surface area contributed by atoms with E-state index in [0.717, 1.165) is 5.69 Å². The van der Waals surface area contributed by atoms with Gasteiger partial charge in [-0.3, -0.25) is 4.79 Å². The number of nitrogens with one attached hydrogen (secondary N) is 1. The molecule has 0 aliphatic carbocycles. The number of pyridine rings is 1. The molecule has 0 aliphatic heterocycles. The van der Waals surface area contributed by atoms with Gasteiger partial charge in [-0.1, -0.05) is 11.6 Å². The fourth-order valence-corrected chi connectivity index (χ4v) is 1.97. The standard InChI is InChI=1S/C15H11ClN4O2/c16-11-3-5-12(6-4-11)20-9-10(8-18-20)15(22)19-14-13(21)2-1-7-17-14/h1-9,21H,(H,17,19,22). The molecule has 22 heavy (non-hydrogen) atoms. The number of hydrogen-bond acceptors (Lipinski definition) is 4. The van der Waals surface area contributed by atoms with Crippen molar-refractivity contribution in [2.75, 3.05) is 5.32 Å². The van der Waals surface area contributed by atoms with Gasteiger partial charge in [-0.25, -0.2) is 9.67 Å². The highest BCUT2D eigenvalue weighted by Crippen LogP contribution is 2.19. The van der Waals surface area contributed by atoms with Crippen LogP contribution in [0.15, 0.2) is 55.0 Å². The monoisotopic (exact) mass is 314 g/mol. The predicted molar refractivity (Wildman–Crippen MR) is 82.4 cm³/mol. The third kappa shape index (κ3) is 2.91. The molecule has 0 aliphatic rings. The normalized spacial score (nSPS) is 10.4. The Labute approximate surface area is 131 Å². The van der Waals surface area contributed by atoms with Gasteiger partial charge in [0.25, 0.3) is 5.91 Å². The summed E-state index contributed by atoms with van der Waals surface area (Å²) in [6.45, 7) is 0. The quantitative estimate of drug-likeness (QED) is 0.779. The van der Waals surface area contributed by atoms with Crippen molar-refractivity contribution in [2.24, 2.45) is 0 Å². The summed E-state index contributed by atoms with van der Waals surface area (Å²) in [5.41, 5.74) is 1.13. The van der Waals surface area contributed by atoms with Crippen molar-refractivity contribution in [1.82, 2.24) is 14.8 Å². The van der Waals surface area contributed by atoms with E-state index in [-0.39, 0.29) is 11.6 Å². The lowest BCUT2D eigenvalue weighted by Gasteiger charge is -2.04. The summed E-state index contributed by atoms with van der Waals surface area (Å²) in [5.74, 6) is -0.401. The largest absolute Gasteiger partial charge is 0.504 e. The number of anilines is 1. The summed E-state index contributed by atoms with van der Waals surface area (Å²) in [4.78, 5) is 16.0. The number of halogens is 1. The van der Waals surface area contributed by atoms with Gasteiger partial charge in [-0.15, -0.1) is 0 Å². The average Bonchev–Trinajstić information content (AvgIpc) is 3.00. The van der Waals surface area contributed by atoms with E-state index in [2.05, 4.69) is 15.4 Å². The molecule has 3 rings (SSSR count). The molecule has 7 heteroatoms. The number of carbonyl (C=O) groups is 1. The minimum atomic E-state index is -0.408. The number of amides is 1. The molecule has 2 N–H and O–H groups in total. The molecular weight excluding hydrogens is 304 g/mol. The number of hydrogen-bond donors (Lipinski definition) is 2. The van der Waals surface area contributed by atoms with Crippen LogP contribution in [0.5, 0.6) is 5.75 Å². The van der Waals surface area contributed by atoms with Gasteiger partial charge in [0.1, 0.15) is 0 Å². The zero-order chi connectivity index (χ0) is 15.5. The van der Waals surface area contributed by atoms with Gasteiger partial charge < -0.3 is 10.4 Å². The molecule has 0 atom stereocenters. The molecule has 1 amide bonds. The van der Waals surface area contributed by atoms with Crippen LogP contribution in [0.4, 0.5) is 5.82 Å². The van der Waals surface area contributed by atoms with Crippen molar-refractivity contribution in [2.45, 2.75) is 0 Å². The van der Waals surface area contributed by atoms with Crippen molar-refractivity contribution in [3.05, 3.63) is 65.6 Å². The molecule has 1 aromatic carbocycles. The maximum Gasteiger partial charge on any atom is 0.260 e. The van der Waals surface area contributed by atoms with Crippen LogP contribution >= 0.6 is 11.6 Å². The number of benzene rings is 1. The summed E-state index contributed by atoms with van der Waals surface area (Å²) >= 11 is 5.84. The van der Waals surface area contributed by atoms with E-state index in [0.29, 0.717) is 10.6 Å². The van der Waals surface area contributed by atoms with Crippen LogP contribution in [0.3, 0.4) is 0 Å². The second kappa shape index (κ2) is 5.87. The molecule has 0 bridgehead atoms. The van der Waals surface area contributed by atoms with Gasteiger partial charge in [-0.2, -0.15) is 5.10 Å². The van der Waals surface area contributed by atoms with E-state index in [1.165, 1.54) is 18.5 Å². The molecule has 0 saturated heterocycles. The van der Waals surface area contributed by atoms with Crippen LogP contribution < -0.4 is 5.32 Å². The Hall–Kier alpha value is -2.86. The van der Waals surface area contributed by atoms with Gasteiger partial charge in [0.05, 0.1) is 17.4 Å². The molecule has 0 spiro atoms. The van der Waals surface area contributed by atoms with Gasteiger partial charge in [-0.05, 0) is 36.4 Å². The Bertz CT molecular complexity index is 814. The molecule has 0 unspecified atom stereocenters. The summed E-state index contributed by atoms with van der Waals surface area (Å²) in [6.07, 6.45) is 4.49. The van der Waals surface area contributed by atoms with Crippen LogP contribution in [0.25, 0.3) is 5.69 Å². The minimum absolute atomic E-state index is 0.0963. The molecule has 110 valence electrons. The number of rotatable bonds is 3. The van der Waals surface area contributed by atoms with Crippen LogP contribution in [-0.2, 0) is 0 Å². The van der Waals surface area contributed by atoms with Gasteiger partial charge in [0.2, 0.25) is 0 Å². The molecule has 0 fully saturated rings. The smallest absolute Gasteiger partial charge is 0.260 e. The molecule has 2 aromatic heterocycles. The number of nitrogens with zero attached hydrogens (tertiary/aromatic N) is 3. The molecule has 0 saturated carbocycles. The van der Waals surface area contributed by atoms with Crippen molar-refractivity contribution in [3.8, 4) is 11.4 Å². The van der Waals surface area contributed by atoms with E-state index >= 15 is 0 Å². The third-order valence-corrected chi connectivity index (χ3v) is 3.21. The molecule has 3 aromatic rings. The first-order valence-electron chi connectivity index (χ1n) is 6.39. The van der Waals surface area contributed by atoms with Gasteiger partial charge >= 0.3 is 0 Å². The average molecular weight is 315 g/mol. The highest BCUT2D eigenvalue weighted by Gasteiger charge is 2.12. The van der Waals surface area contributed by atoms with Crippen molar-refractivity contribution >= 4 is 23.3 Å². The highest BCUT2D eigenvalue weighted by atomic mass is 35.5. The molecular formula is C15H11ClN4O2. The topological polar surface area (TPSA) is 80.0 Å². The second-order valence-electron chi connectivity index (χ2n) is 4.48. The number of aromatic hydroxyl groups is 1. The van der Waals surface area contributed by atoms with E-state index in [9.17, 15) is 9.90 Å². The van der Waals surface area contributed by atoms with Crippen LogP contribution in [0, 0.1) is 0 Å². The Morgan fingerprint density at radius 1 is 1.23 bits per heavy atom. The summed E-state index contributed by atoms with van der Waals surface area (Å²) in [7, 11) is 0. The van der Waals surface area contributed by atoms with E-state index in [4.69, 9.17) is 11.6 Å². The number of aromatic nitrogens is 3. The lowest BCUT2D eigenvalue weighted by atomic mass is 10.3. The Kier molecular flexibility index (Phi) is 3.76. The molecule has 6 nitrogen and oxygen atoms in total. The first-order chi connectivity index (χ1) is 10.6. The summed E-state index contributed by atoms with van der Waals surface area (Å²) in [6, 6.07) is 10.1. The summed E-state index contributed by atoms with van der Waals surface area (Å²) in [5, 5.41) is 16.9. The minimum Gasteiger partial charge on any atom is -0.504 e. The zero-order valence-electron chi connectivity index (χ0n) is 11.3. The Morgan fingerprint density at radius 3 is 2.73 bits per heavy atom. The third-order valence-electron chi connectivity index (χ3n) is 2.95. The molecule has 0 radical (unpaired) electrons. The number of carbonyl (C=O) groups excluding carboxylic acids is 1. The highest BCUT2D eigenvalue weighted by molar-refractivity contribution is 6.30. The lowest BCUT2D eigenvalue weighted by molar-refractivity contribution is 0.102. The van der Waals surface area contributed by atoms with Crippen LogP contribution in [0.2, 0.25) is 5.02 Å². The fourth-order valence-electron chi connectivity index (χ4n) is 1.85. The van der Waals surface area contributed by atoms with E-state index < -0.39 is 5.91 Å². The summed E-state index contributed by atoms with van der Waals surface area (Å²) < 4.78 is 1.56. The van der Waals surface area contributed by atoms with Crippen LogP contribution in [-0.4, -0.2) is 25.8 Å². The van der Waals surface area contributed by atoms with Crippen LogP contribution in [0.1, 0.15) is 10.4 Å². The van der Waals surface area contributed by atoms with Gasteiger partial charge in [0, 0.05) is 17.4 Å².